The molecule has 6 heteroatoms. The predicted molar refractivity (Wildman–Crippen MR) is 115 cm³/mol. The molecule has 28 heavy (non-hydrogen) atoms. The molecule has 0 spiro atoms. The highest BCUT2D eigenvalue weighted by Crippen LogP contribution is 2.30. The molecule has 1 aliphatic carbocycles. The van der Waals surface area contributed by atoms with Gasteiger partial charge in [-0.05, 0) is 37.0 Å². The molecular formula is C22H27N3O2S. The zero-order chi connectivity index (χ0) is 20.1. The predicted octanol–water partition coefficient (Wildman–Crippen LogP) is 4.88. The van der Waals surface area contributed by atoms with Gasteiger partial charge in [-0.1, -0.05) is 38.0 Å². The van der Waals surface area contributed by atoms with Crippen molar-refractivity contribution in [2.24, 2.45) is 5.92 Å². The molecule has 0 bridgehead atoms. The normalized spacial score (nSPS) is 19.5. The van der Waals surface area contributed by atoms with Crippen LogP contribution >= 0.6 is 11.3 Å². The zero-order valence-corrected chi connectivity index (χ0v) is 17.5. The van der Waals surface area contributed by atoms with E-state index in [2.05, 4.69) is 11.9 Å². The molecule has 0 N–H and O–H groups in total. The molecule has 1 aromatic heterocycles. The second-order valence-electron chi connectivity index (χ2n) is 7.36. The average molecular weight is 398 g/mol. The molecule has 1 aromatic carbocycles. The van der Waals surface area contributed by atoms with Crippen molar-refractivity contribution in [3.8, 4) is 0 Å². The maximum atomic E-state index is 12.6. The summed E-state index contributed by atoms with van der Waals surface area (Å²) < 4.78 is 0. The number of aromatic nitrogens is 1. The minimum atomic E-state index is -0.0989. The number of carbonyl (C=O) groups excluding carboxylic acids is 2. The van der Waals surface area contributed by atoms with Crippen LogP contribution in [0, 0.1) is 5.92 Å². The lowest BCUT2D eigenvalue weighted by Gasteiger charge is -2.35. The van der Waals surface area contributed by atoms with Crippen LogP contribution in [0.15, 0.2) is 41.8 Å². The summed E-state index contributed by atoms with van der Waals surface area (Å²) in [7, 11) is 1.89. The van der Waals surface area contributed by atoms with Crippen molar-refractivity contribution in [1.82, 2.24) is 9.88 Å². The highest BCUT2D eigenvalue weighted by Gasteiger charge is 2.26. The number of rotatable bonds is 5. The molecule has 2 aromatic rings. The third-order valence-corrected chi connectivity index (χ3v) is 6.18. The number of para-hydroxylation sites is 1. The molecule has 5 nitrogen and oxygen atoms in total. The molecule has 1 aliphatic rings. The molecule has 1 fully saturated rings. The lowest BCUT2D eigenvalue weighted by molar-refractivity contribution is -0.128. The number of hydrogen-bond acceptors (Lipinski definition) is 4. The number of nitrogens with zero attached hydrogens (tertiary/aromatic N) is 3. The smallest absolute Gasteiger partial charge is 0.246 e. The molecule has 1 saturated carbocycles. The van der Waals surface area contributed by atoms with Crippen LogP contribution in [0.1, 0.15) is 45.2 Å². The van der Waals surface area contributed by atoms with Crippen LogP contribution in [0.3, 0.4) is 0 Å². The second-order valence-corrected chi connectivity index (χ2v) is 8.19. The number of thiazole rings is 1. The molecule has 0 aliphatic heterocycles. The van der Waals surface area contributed by atoms with E-state index in [0.29, 0.717) is 22.8 Å². The van der Waals surface area contributed by atoms with Crippen molar-refractivity contribution in [2.75, 3.05) is 11.9 Å². The minimum absolute atomic E-state index is 0.000201. The lowest BCUT2D eigenvalue weighted by atomic mass is 9.85. The monoisotopic (exact) mass is 397 g/mol. The van der Waals surface area contributed by atoms with Gasteiger partial charge in [0, 0.05) is 31.5 Å². The van der Waals surface area contributed by atoms with Crippen LogP contribution in [0.25, 0.3) is 6.08 Å². The summed E-state index contributed by atoms with van der Waals surface area (Å²) in [5.74, 6) is 0.440. The van der Waals surface area contributed by atoms with Crippen molar-refractivity contribution >= 4 is 40.0 Å². The number of benzene rings is 1. The molecule has 148 valence electrons. The zero-order valence-electron chi connectivity index (χ0n) is 16.7. The fourth-order valence-electron chi connectivity index (χ4n) is 3.77. The molecule has 0 radical (unpaired) electrons. The van der Waals surface area contributed by atoms with Gasteiger partial charge in [0.25, 0.3) is 0 Å². The summed E-state index contributed by atoms with van der Waals surface area (Å²) >= 11 is 1.39. The highest BCUT2D eigenvalue weighted by molar-refractivity contribution is 7.14. The highest BCUT2D eigenvalue weighted by atomic mass is 32.1. The Balaban J connectivity index is 1.71. The summed E-state index contributed by atoms with van der Waals surface area (Å²) in [4.78, 5) is 32.7. The lowest BCUT2D eigenvalue weighted by Crippen LogP contribution is -2.41. The number of likely N-dealkylation sites (N-methyl/N-ethyl adjacent to an activating group) is 1. The van der Waals surface area contributed by atoms with Gasteiger partial charge >= 0.3 is 0 Å². The first kappa shape index (κ1) is 20.3. The van der Waals surface area contributed by atoms with E-state index >= 15 is 0 Å². The number of hydrogen-bond donors (Lipinski definition) is 0. The van der Waals surface area contributed by atoms with Crippen LogP contribution in [0.2, 0.25) is 0 Å². The maximum Gasteiger partial charge on any atom is 0.246 e. The average Bonchev–Trinajstić information content (AvgIpc) is 3.15. The third kappa shape index (κ3) is 4.68. The number of anilines is 2. The van der Waals surface area contributed by atoms with E-state index in [4.69, 9.17) is 0 Å². The van der Waals surface area contributed by atoms with Gasteiger partial charge in [0.1, 0.15) is 0 Å². The van der Waals surface area contributed by atoms with Gasteiger partial charge in [-0.25, -0.2) is 4.98 Å². The summed E-state index contributed by atoms with van der Waals surface area (Å²) in [6.45, 7) is 3.75. The first-order chi connectivity index (χ1) is 13.5. The van der Waals surface area contributed by atoms with Crippen molar-refractivity contribution in [3.05, 3.63) is 47.5 Å². The van der Waals surface area contributed by atoms with Crippen molar-refractivity contribution in [2.45, 2.75) is 45.6 Å². The van der Waals surface area contributed by atoms with Crippen LogP contribution < -0.4 is 4.90 Å². The van der Waals surface area contributed by atoms with E-state index in [1.165, 1.54) is 37.5 Å². The van der Waals surface area contributed by atoms with Gasteiger partial charge in [0.05, 0.1) is 11.4 Å². The summed E-state index contributed by atoms with van der Waals surface area (Å²) in [5.41, 5.74) is 1.46. The van der Waals surface area contributed by atoms with Gasteiger partial charge in [-0.2, -0.15) is 0 Å². The van der Waals surface area contributed by atoms with Crippen molar-refractivity contribution in [3.63, 3.8) is 0 Å². The molecule has 2 amide bonds. The largest absolute Gasteiger partial charge is 0.339 e. The van der Waals surface area contributed by atoms with E-state index in [9.17, 15) is 9.59 Å². The molecule has 1 heterocycles. The first-order valence-electron chi connectivity index (χ1n) is 9.73. The molecular weight excluding hydrogens is 370 g/mol. The first-order valence-corrected chi connectivity index (χ1v) is 10.6. The Kier molecular flexibility index (Phi) is 6.62. The molecule has 2 unspecified atom stereocenters. The Labute approximate surface area is 170 Å². The van der Waals surface area contributed by atoms with Gasteiger partial charge in [0.2, 0.25) is 11.8 Å². The van der Waals surface area contributed by atoms with E-state index in [1.807, 2.05) is 47.7 Å². The van der Waals surface area contributed by atoms with Crippen LogP contribution in [0.5, 0.6) is 0 Å². The SMILES string of the molecule is CC(=O)N(c1ccccc1)c1nc(/C=C/C(=O)N(C)C2CCCCC2C)cs1. The second kappa shape index (κ2) is 9.15. The Morgan fingerprint density at radius 3 is 2.57 bits per heavy atom. The summed E-state index contributed by atoms with van der Waals surface area (Å²) in [6.07, 6.45) is 8.01. The summed E-state index contributed by atoms with van der Waals surface area (Å²) in [6, 6.07) is 9.75. The van der Waals surface area contributed by atoms with Crippen molar-refractivity contribution in [1.29, 1.82) is 0 Å². The van der Waals surface area contributed by atoms with E-state index in [-0.39, 0.29) is 11.8 Å². The van der Waals surface area contributed by atoms with Gasteiger partial charge < -0.3 is 4.90 Å². The van der Waals surface area contributed by atoms with E-state index in [0.717, 1.165) is 12.1 Å². The van der Waals surface area contributed by atoms with Crippen molar-refractivity contribution < 1.29 is 9.59 Å². The fraction of sp³-hybridized carbons (Fsp3) is 0.409. The Hall–Kier alpha value is -2.47. The fourth-order valence-corrected chi connectivity index (χ4v) is 4.62. The van der Waals surface area contributed by atoms with Crippen LogP contribution in [-0.4, -0.2) is 34.8 Å². The minimum Gasteiger partial charge on any atom is -0.339 e. The van der Waals surface area contributed by atoms with E-state index < -0.39 is 0 Å². The van der Waals surface area contributed by atoms with Gasteiger partial charge in [0.15, 0.2) is 5.13 Å². The standard InChI is InChI=1S/C22H27N3O2S/c1-16-9-7-8-12-20(16)24(3)21(27)14-13-18-15-28-22(23-18)25(17(2)26)19-10-5-4-6-11-19/h4-6,10-11,13-16,20H,7-9,12H2,1-3H3/b14-13+. The molecule has 3 rings (SSSR count). The van der Waals surface area contributed by atoms with E-state index in [1.54, 1.807) is 17.1 Å². The quantitative estimate of drug-likeness (QED) is 0.676. The Morgan fingerprint density at radius 1 is 1.18 bits per heavy atom. The maximum absolute atomic E-state index is 12.6. The van der Waals surface area contributed by atoms with Gasteiger partial charge in [-0.3, -0.25) is 14.5 Å². The molecule has 2 atom stereocenters. The van der Waals surface area contributed by atoms with Gasteiger partial charge in [-0.15, -0.1) is 11.3 Å². The number of amides is 2. The Morgan fingerprint density at radius 2 is 1.89 bits per heavy atom. The number of carbonyl (C=O) groups is 2. The third-order valence-electron chi connectivity index (χ3n) is 5.34. The molecule has 0 saturated heterocycles. The summed E-state index contributed by atoms with van der Waals surface area (Å²) in [5, 5.41) is 2.46. The topological polar surface area (TPSA) is 53.5 Å². The van der Waals surface area contributed by atoms with Crippen LogP contribution in [0.4, 0.5) is 10.8 Å². The Bertz CT molecular complexity index is 846. The van der Waals surface area contributed by atoms with Crippen LogP contribution in [-0.2, 0) is 9.59 Å².